The van der Waals surface area contributed by atoms with E-state index >= 15 is 0 Å². The van der Waals surface area contributed by atoms with E-state index in [1.165, 1.54) is 18.4 Å². The van der Waals surface area contributed by atoms with E-state index in [2.05, 4.69) is 40.1 Å². The lowest BCUT2D eigenvalue weighted by atomic mass is 9.92. The normalized spacial score (nSPS) is 31.4. The van der Waals surface area contributed by atoms with Crippen LogP contribution in [-0.2, 0) is 9.53 Å². The number of hydrogen-bond acceptors (Lipinski definition) is 3. The lowest BCUT2D eigenvalue weighted by molar-refractivity contribution is -0.138. The predicted octanol–water partition coefficient (Wildman–Crippen LogP) is 2.85. The molecule has 3 saturated heterocycles. The summed E-state index contributed by atoms with van der Waals surface area (Å²) in [7, 11) is 1.78. The molecule has 3 aliphatic rings. The average molecular weight is 328 g/mol. The summed E-state index contributed by atoms with van der Waals surface area (Å²) in [6.07, 6.45) is 5.67. The van der Waals surface area contributed by atoms with Gasteiger partial charge < -0.3 is 9.64 Å². The first-order chi connectivity index (χ1) is 11.8. The molecule has 0 unspecified atom stereocenters. The molecule has 1 aromatic rings. The molecule has 4 heteroatoms. The van der Waals surface area contributed by atoms with Gasteiger partial charge >= 0.3 is 0 Å². The van der Waals surface area contributed by atoms with Crippen molar-refractivity contribution in [3.63, 3.8) is 0 Å². The van der Waals surface area contributed by atoms with E-state index < -0.39 is 0 Å². The molecule has 0 radical (unpaired) electrons. The van der Waals surface area contributed by atoms with E-state index in [0.29, 0.717) is 24.1 Å². The number of ether oxygens (including phenoxy) is 1. The first-order valence-electron chi connectivity index (χ1n) is 9.40. The summed E-state index contributed by atoms with van der Waals surface area (Å²) in [4.78, 5) is 17.9. The molecule has 4 nitrogen and oxygen atoms in total. The SMILES string of the molecule is COC1CCN(C(=O)[C@@H]2C[C@H](c3ccccc3)N3CCC[C@@H]23)CC1. The molecule has 0 spiro atoms. The van der Waals surface area contributed by atoms with Crippen molar-refractivity contribution in [3.8, 4) is 0 Å². The predicted molar refractivity (Wildman–Crippen MR) is 93.6 cm³/mol. The van der Waals surface area contributed by atoms with Gasteiger partial charge in [-0.25, -0.2) is 0 Å². The summed E-state index contributed by atoms with van der Waals surface area (Å²) in [6.45, 7) is 2.85. The Bertz CT molecular complexity index is 568. The van der Waals surface area contributed by atoms with Crippen LogP contribution in [0.25, 0.3) is 0 Å². The standard InChI is InChI=1S/C20H28N2O2/c1-24-16-9-12-21(13-10-16)20(23)17-14-19(15-6-3-2-4-7-15)22-11-5-8-18(17)22/h2-4,6-7,16-19H,5,8-14H2,1H3/t17-,18+,19-/m1/s1. The van der Waals surface area contributed by atoms with Crippen molar-refractivity contribution in [2.45, 2.75) is 50.3 Å². The fourth-order valence-electron chi connectivity index (χ4n) is 4.98. The van der Waals surface area contributed by atoms with Crippen LogP contribution in [0.1, 0.15) is 43.7 Å². The molecule has 4 rings (SSSR count). The number of hydrogen-bond donors (Lipinski definition) is 0. The van der Waals surface area contributed by atoms with E-state index in [1.807, 2.05) is 0 Å². The highest BCUT2D eigenvalue weighted by Gasteiger charge is 2.48. The first-order valence-corrected chi connectivity index (χ1v) is 9.40. The smallest absolute Gasteiger partial charge is 0.227 e. The molecule has 3 aliphatic heterocycles. The van der Waals surface area contributed by atoms with Crippen molar-refractivity contribution in [2.75, 3.05) is 26.7 Å². The zero-order valence-electron chi connectivity index (χ0n) is 14.6. The van der Waals surface area contributed by atoms with Gasteiger partial charge in [0.15, 0.2) is 0 Å². The van der Waals surface area contributed by atoms with Crippen LogP contribution in [0.4, 0.5) is 0 Å². The summed E-state index contributed by atoms with van der Waals surface area (Å²) in [5.41, 5.74) is 1.37. The van der Waals surface area contributed by atoms with E-state index in [-0.39, 0.29) is 5.92 Å². The van der Waals surface area contributed by atoms with Crippen LogP contribution < -0.4 is 0 Å². The molecule has 24 heavy (non-hydrogen) atoms. The maximum Gasteiger partial charge on any atom is 0.227 e. The number of carbonyl (C=O) groups is 1. The number of fused-ring (bicyclic) bond motifs is 1. The minimum Gasteiger partial charge on any atom is -0.381 e. The van der Waals surface area contributed by atoms with Gasteiger partial charge in [0.1, 0.15) is 0 Å². The Labute approximate surface area is 144 Å². The van der Waals surface area contributed by atoms with Crippen LogP contribution in [0, 0.1) is 5.92 Å². The van der Waals surface area contributed by atoms with Gasteiger partial charge in [0, 0.05) is 32.3 Å². The maximum atomic E-state index is 13.2. The number of amides is 1. The summed E-state index contributed by atoms with van der Waals surface area (Å²) in [6, 6.07) is 11.6. The molecule has 0 aromatic heterocycles. The van der Waals surface area contributed by atoms with Gasteiger partial charge in [0.05, 0.1) is 12.0 Å². The van der Waals surface area contributed by atoms with E-state index in [0.717, 1.165) is 38.9 Å². The highest BCUT2D eigenvalue weighted by Crippen LogP contribution is 2.45. The monoisotopic (exact) mass is 328 g/mol. The van der Waals surface area contributed by atoms with Crippen molar-refractivity contribution in [1.82, 2.24) is 9.80 Å². The Morgan fingerprint density at radius 1 is 1.08 bits per heavy atom. The van der Waals surface area contributed by atoms with Crippen LogP contribution in [0.2, 0.25) is 0 Å². The second-order valence-corrected chi connectivity index (χ2v) is 7.48. The van der Waals surface area contributed by atoms with Gasteiger partial charge in [0.2, 0.25) is 5.91 Å². The molecular weight excluding hydrogens is 300 g/mol. The Morgan fingerprint density at radius 2 is 1.83 bits per heavy atom. The number of rotatable bonds is 3. The average Bonchev–Trinajstić information content (AvgIpc) is 3.24. The van der Waals surface area contributed by atoms with Crippen LogP contribution in [0.3, 0.4) is 0 Å². The lowest BCUT2D eigenvalue weighted by Gasteiger charge is -2.34. The van der Waals surface area contributed by atoms with Gasteiger partial charge in [-0.15, -0.1) is 0 Å². The second-order valence-electron chi connectivity index (χ2n) is 7.48. The number of benzene rings is 1. The van der Waals surface area contributed by atoms with Gasteiger partial charge in [-0.3, -0.25) is 9.69 Å². The van der Waals surface area contributed by atoms with Crippen LogP contribution >= 0.6 is 0 Å². The molecule has 0 aliphatic carbocycles. The van der Waals surface area contributed by atoms with E-state index in [1.54, 1.807) is 7.11 Å². The molecule has 0 saturated carbocycles. The molecule has 3 atom stereocenters. The molecule has 3 fully saturated rings. The van der Waals surface area contributed by atoms with Crippen molar-refractivity contribution in [3.05, 3.63) is 35.9 Å². The summed E-state index contributed by atoms with van der Waals surface area (Å²) < 4.78 is 5.44. The third-order valence-corrected chi connectivity index (χ3v) is 6.27. The van der Waals surface area contributed by atoms with Crippen molar-refractivity contribution < 1.29 is 9.53 Å². The molecule has 3 heterocycles. The number of piperidine rings is 1. The van der Waals surface area contributed by atoms with Crippen molar-refractivity contribution in [2.24, 2.45) is 5.92 Å². The number of methoxy groups -OCH3 is 1. The van der Waals surface area contributed by atoms with Crippen molar-refractivity contribution in [1.29, 1.82) is 0 Å². The Hall–Kier alpha value is -1.39. The summed E-state index contributed by atoms with van der Waals surface area (Å²) in [5, 5.41) is 0. The zero-order valence-corrected chi connectivity index (χ0v) is 14.6. The highest BCUT2D eigenvalue weighted by atomic mass is 16.5. The fraction of sp³-hybridized carbons (Fsp3) is 0.650. The first kappa shape index (κ1) is 16.1. The fourth-order valence-corrected chi connectivity index (χ4v) is 4.98. The quantitative estimate of drug-likeness (QED) is 0.855. The third kappa shape index (κ3) is 2.86. The molecule has 0 N–H and O–H groups in total. The third-order valence-electron chi connectivity index (χ3n) is 6.27. The molecule has 1 amide bonds. The number of nitrogens with zero attached hydrogens (tertiary/aromatic N) is 2. The van der Waals surface area contributed by atoms with Crippen LogP contribution in [0.15, 0.2) is 30.3 Å². The number of likely N-dealkylation sites (tertiary alicyclic amines) is 1. The van der Waals surface area contributed by atoms with Gasteiger partial charge in [-0.05, 0) is 44.2 Å². The Kier molecular flexibility index (Phi) is 4.59. The topological polar surface area (TPSA) is 32.8 Å². The molecule has 130 valence electrons. The van der Waals surface area contributed by atoms with Gasteiger partial charge in [-0.1, -0.05) is 30.3 Å². The Morgan fingerprint density at radius 3 is 2.54 bits per heavy atom. The minimum atomic E-state index is 0.178. The maximum absolute atomic E-state index is 13.2. The minimum absolute atomic E-state index is 0.178. The van der Waals surface area contributed by atoms with Gasteiger partial charge in [0.25, 0.3) is 0 Å². The summed E-state index contributed by atoms with van der Waals surface area (Å²) >= 11 is 0. The number of carbonyl (C=O) groups excluding carboxylic acids is 1. The summed E-state index contributed by atoms with van der Waals surface area (Å²) in [5.74, 6) is 0.566. The molecular formula is C20H28N2O2. The zero-order chi connectivity index (χ0) is 16.5. The van der Waals surface area contributed by atoms with E-state index in [4.69, 9.17) is 4.74 Å². The van der Waals surface area contributed by atoms with Gasteiger partial charge in [-0.2, -0.15) is 0 Å². The van der Waals surface area contributed by atoms with Crippen LogP contribution in [-0.4, -0.2) is 54.6 Å². The lowest BCUT2D eigenvalue weighted by Crippen LogP contribution is -2.45. The van der Waals surface area contributed by atoms with Crippen molar-refractivity contribution >= 4 is 5.91 Å². The molecule has 1 aromatic carbocycles. The largest absolute Gasteiger partial charge is 0.381 e. The Balaban J connectivity index is 1.48. The van der Waals surface area contributed by atoms with E-state index in [9.17, 15) is 4.79 Å². The second kappa shape index (κ2) is 6.85. The van der Waals surface area contributed by atoms with Crippen LogP contribution in [0.5, 0.6) is 0 Å². The highest BCUT2D eigenvalue weighted by molar-refractivity contribution is 5.80. The molecule has 0 bridgehead atoms.